The molecular weight excluding hydrogens is 362 g/mol. The Kier molecular flexibility index (Phi) is 10.9. The van der Waals surface area contributed by atoms with Gasteiger partial charge in [0.05, 0.1) is 13.2 Å². The SMILES string of the molecule is CN(C)CCOCCOc1ccc(Cl)cc1C(C)(C)C.O=C(O)C(=O)O. The largest absolute Gasteiger partial charge is 0.491 e. The third kappa shape index (κ3) is 10.9. The fourth-order valence-electron chi connectivity index (χ4n) is 1.77. The van der Waals surface area contributed by atoms with E-state index in [2.05, 4.69) is 25.7 Å². The van der Waals surface area contributed by atoms with Gasteiger partial charge in [0.2, 0.25) is 0 Å². The first-order valence-corrected chi connectivity index (χ1v) is 8.44. The molecule has 148 valence electrons. The molecule has 1 aromatic carbocycles. The minimum Gasteiger partial charge on any atom is -0.491 e. The third-order valence-electron chi connectivity index (χ3n) is 3.10. The summed E-state index contributed by atoms with van der Waals surface area (Å²) in [6.45, 7) is 9.26. The predicted molar refractivity (Wildman–Crippen MR) is 100 cm³/mol. The van der Waals surface area contributed by atoms with Crippen LogP contribution >= 0.6 is 11.6 Å². The number of carboxylic acid groups (broad SMARTS) is 2. The van der Waals surface area contributed by atoms with Gasteiger partial charge in [0.15, 0.2) is 0 Å². The van der Waals surface area contributed by atoms with Crippen LogP contribution in [0.3, 0.4) is 0 Å². The average molecular weight is 390 g/mol. The minimum absolute atomic E-state index is 0.00597. The number of carboxylic acids is 2. The van der Waals surface area contributed by atoms with Crippen molar-refractivity contribution in [2.75, 3.05) is 40.5 Å². The van der Waals surface area contributed by atoms with Crippen LogP contribution in [0.4, 0.5) is 0 Å². The van der Waals surface area contributed by atoms with Crippen LogP contribution < -0.4 is 4.74 Å². The van der Waals surface area contributed by atoms with E-state index < -0.39 is 11.9 Å². The van der Waals surface area contributed by atoms with Crippen molar-refractivity contribution in [3.8, 4) is 5.75 Å². The second kappa shape index (κ2) is 11.7. The minimum atomic E-state index is -1.82. The van der Waals surface area contributed by atoms with E-state index in [1.807, 2.05) is 32.3 Å². The number of ether oxygens (including phenoxy) is 2. The van der Waals surface area contributed by atoms with Gasteiger partial charge < -0.3 is 24.6 Å². The van der Waals surface area contributed by atoms with Crippen LogP contribution in [0.5, 0.6) is 5.75 Å². The highest BCUT2D eigenvalue weighted by molar-refractivity contribution is 6.30. The molecule has 0 radical (unpaired) electrons. The van der Waals surface area contributed by atoms with Crippen LogP contribution in [0.25, 0.3) is 0 Å². The van der Waals surface area contributed by atoms with E-state index in [0.717, 1.165) is 29.5 Å². The summed E-state index contributed by atoms with van der Waals surface area (Å²) in [5.41, 5.74) is 1.13. The maximum atomic E-state index is 9.10. The lowest BCUT2D eigenvalue weighted by molar-refractivity contribution is -0.159. The number of nitrogens with zero attached hydrogens (tertiary/aromatic N) is 1. The Bertz CT molecular complexity index is 572. The molecule has 0 aromatic heterocycles. The number of hydrogen-bond acceptors (Lipinski definition) is 5. The number of hydrogen-bond donors (Lipinski definition) is 2. The van der Waals surface area contributed by atoms with Gasteiger partial charge in [-0.3, -0.25) is 0 Å². The van der Waals surface area contributed by atoms with Gasteiger partial charge in [-0.05, 0) is 37.7 Å². The standard InChI is InChI=1S/C16H26ClNO2.C2H2O4/c1-16(2,3)14-12-13(17)6-7-15(14)20-11-10-19-9-8-18(4)5;3-1(4)2(5)6/h6-7,12H,8-11H2,1-5H3;(H,3,4)(H,5,6). The molecule has 0 bridgehead atoms. The Hall–Kier alpha value is -1.83. The second-order valence-corrected chi connectivity index (χ2v) is 7.20. The molecule has 0 fully saturated rings. The first-order chi connectivity index (χ1) is 11.9. The molecule has 0 aliphatic heterocycles. The first-order valence-electron chi connectivity index (χ1n) is 8.06. The number of likely N-dealkylation sites (N-methyl/N-ethyl adjacent to an activating group) is 1. The number of halogens is 1. The Labute approximate surface area is 159 Å². The van der Waals surface area contributed by atoms with Crippen molar-refractivity contribution < 1.29 is 29.3 Å². The average Bonchev–Trinajstić information content (AvgIpc) is 2.51. The molecular formula is C18H28ClNO6. The van der Waals surface area contributed by atoms with E-state index >= 15 is 0 Å². The fourth-order valence-corrected chi connectivity index (χ4v) is 1.95. The van der Waals surface area contributed by atoms with Gasteiger partial charge in [0.1, 0.15) is 12.4 Å². The first kappa shape index (κ1) is 24.2. The highest BCUT2D eigenvalue weighted by atomic mass is 35.5. The van der Waals surface area contributed by atoms with Gasteiger partial charge in [0.25, 0.3) is 0 Å². The summed E-state index contributed by atoms with van der Waals surface area (Å²) in [5, 5.41) is 15.5. The van der Waals surface area contributed by atoms with Crippen LogP contribution in [0, 0.1) is 0 Å². The zero-order valence-corrected chi connectivity index (χ0v) is 16.7. The summed E-state index contributed by atoms with van der Waals surface area (Å²) in [7, 11) is 4.06. The van der Waals surface area contributed by atoms with Crippen molar-refractivity contribution in [2.45, 2.75) is 26.2 Å². The summed E-state index contributed by atoms with van der Waals surface area (Å²) >= 11 is 6.07. The Morgan fingerprint density at radius 1 is 1.08 bits per heavy atom. The second-order valence-electron chi connectivity index (χ2n) is 6.76. The molecule has 7 nitrogen and oxygen atoms in total. The van der Waals surface area contributed by atoms with E-state index in [9.17, 15) is 0 Å². The molecule has 0 unspecified atom stereocenters. The Morgan fingerprint density at radius 2 is 1.65 bits per heavy atom. The summed E-state index contributed by atoms with van der Waals surface area (Å²) in [6, 6.07) is 5.77. The van der Waals surface area contributed by atoms with E-state index in [1.54, 1.807) is 0 Å². The number of rotatable bonds is 7. The van der Waals surface area contributed by atoms with Crippen molar-refractivity contribution in [1.82, 2.24) is 4.90 Å². The van der Waals surface area contributed by atoms with Gasteiger partial charge in [-0.25, -0.2) is 9.59 Å². The third-order valence-corrected chi connectivity index (χ3v) is 3.34. The lowest BCUT2D eigenvalue weighted by Gasteiger charge is -2.23. The number of benzene rings is 1. The Balaban J connectivity index is 0.000000896. The van der Waals surface area contributed by atoms with Gasteiger partial charge in [-0.2, -0.15) is 0 Å². The molecule has 0 amide bonds. The lowest BCUT2D eigenvalue weighted by atomic mass is 9.86. The molecule has 1 rings (SSSR count). The van der Waals surface area contributed by atoms with Crippen molar-refractivity contribution in [3.63, 3.8) is 0 Å². The van der Waals surface area contributed by atoms with E-state index in [0.29, 0.717) is 13.2 Å². The molecule has 0 heterocycles. The highest BCUT2D eigenvalue weighted by Crippen LogP contribution is 2.33. The van der Waals surface area contributed by atoms with Crippen molar-refractivity contribution >= 4 is 23.5 Å². The molecule has 0 saturated heterocycles. The summed E-state index contributed by atoms with van der Waals surface area (Å²) in [5.74, 6) is -2.76. The Morgan fingerprint density at radius 3 is 2.12 bits per heavy atom. The predicted octanol–water partition coefficient (Wildman–Crippen LogP) is 2.75. The van der Waals surface area contributed by atoms with E-state index in [1.165, 1.54) is 0 Å². The van der Waals surface area contributed by atoms with Crippen molar-refractivity contribution in [2.24, 2.45) is 0 Å². The summed E-state index contributed by atoms with van der Waals surface area (Å²) < 4.78 is 11.4. The maximum Gasteiger partial charge on any atom is 0.414 e. The maximum absolute atomic E-state index is 9.10. The highest BCUT2D eigenvalue weighted by Gasteiger charge is 2.19. The van der Waals surface area contributed by atoms with E-state index in [-0.39, 0.29) is 5.41 Å². The normalized spacial score (nSPS) is 10.9. The monoisotopic (exact) mass is 389 g/mol. The van der Waals surface area contributed by atoms with Gasteiger partial charge in [-0.1, -0.05) is 32.4 Å². The topological polar surface area (TPSA) is 96.3 Å². The molecule has 1 aromatic rings. The van der Waals surface area contributed by atoms with Gasteiger partial charge >= 0.3 is 11.9 Å². The molecule has 8 heteroatoms. The van der Waals surface area contributed by atoms with Crippen LogP contribution in [-0.4, -0.2) is 67.5 Å². The molecule has 0 aliphatic carbocycles. The quantitative estimate of drug-likeness (QED) is 0.546. The number of carbonyl (C=O) groups is 2. The van der Waals surface area contributed by atoms with Crippen LogP contribution in [0.15, 0.2) is 18.2 Å². The zero-order valence-electron chi connectivity index (χ0n) is 15.9. The van der Waals surface area contributed by atoms with Crippen LogP contribution in [0.1, 0.15) is 26.3 Å². The molecule has 26 heavy (non-hydrogen) atoms. The zero-order chi connectivity index (χ0) is 20.3. The lowest BCUT2D eigenvalue weighted by Crippen LogP contribution is -2.20. The summed E-state index contributed by atoms with van der Waals surface area (Å²) in [6.07, 6.45) is 0. The van der Waals surface area contributed by atoms with Crippen LogP contribution in [-0.2, 0) is 19.7 Å². The van der Waals surface area contributed by atoms with Gasteiger partial charge in [-0.15, -0.1) is 0 Å². The molecule has 2 N–H and O–H groups in total. The molecule has 0 atom stereocenters. The molecule has 0 aliphatic rings. The van der Waals surface area contributed by atoms with E-state index in [4.69, 9.17) is 40.9 Å². The molecule has 0 spiro atoms. The molecule has 0 saturated carbocycles. The number of aliphatic carboxylic acids is 2. The summed E-state index contributed by atoms with van der Waals surface area (Å²) in [4.78, 5) is 20.3. The van der Waals surface area contributed by atoms with Crippen molar-refractivity contribution in [1.29, 1.82) is 0 Å². The van der Waals surface area contributed by atoms with Crippen molar-refractivity contribution in [3.05, 3.63) is 28.8 Å². The fraction of sp³-hybridized carbons (Fsp3) is 0.556. The smallest absolute Gasteiger partial charge is 0.414 e. The van der Waals surface area contributed by atoms with Gasteiger partial charge in [0, 0.05) is 17.1 Å². The van der Waals surface area contributed by atoms with Crippen LogP contribution in [0.2, 0.25) is 5.02 Å².